The van der Waals surface area contributed by atoms with Gasteiger partial charge in [0.25, 0.3) is 0 Å². The number of hydrogen-bond donors (Lipinski definition) is 0. The molecule has 2 aromatic heterocycles. The molecule has 2 amide bonds. The van der Waals surface area contributed by atoms with Crippen molar-refractivity contribution in [1.29, 1.82) is 0 Å². The van der Waals surface area contributed by atoms with Crippen molar-refractivity contribution in [2.75, 3.05) is 50.8 Å². The maximum Gasteiger partial charge on any atom is 0.409 e. The standard InChI is InChI=1S/C23H26FN5O3S/c1-2-32-23(31)28-11-9-27(10-12-28)22(30)15-5-4-8-29(13-15)21-20-19(25-14-26-21)18-16(24)6-3-7-17(18)33-20/h3,6-7,14-15H,2,4-5,8-13H2,1H3. The summed E-state index contributed by atoms with van der Waals surface area (Å²) in [4.78, 5) is 39.7. The van der Waals surface area contributed by atoms with Crippen LogP contribution in [0, 0.1) is 11.7 Å². The molecule has 0 spiro atoms. The summed E-state index contributed by atoms with van der Waals surface area (Å²) in [6.45, 7) is 5.50. The quantitative estimate of drug-likeness (QED) is 0.582. The van der Waals surface area contributed by atoms with Crippen LogP contribution in [0.3, 0.4) is 0 Å². The average molecular weight is 472 g/mol. The Balaban J connectivity index is 1.32. The van der Waals surface area contributed by atoms with Crippen LogP contribution in [0.5, 0.6) is 0 Å². The molecule has 0 aliphatic carbocycles. The van der Waals surface area contributed by atoms with Crippen LogP contribution in [-0.2, 0) is 9.53 Å². The van der Waals surface area contributed by atoms with Crippen molar-refractivity contribution in [3.05, 3.63) is 30.3 Å². The van der Waals surface area contributed by atoms with E-state index in [2.05, 4.69) is 14.9 Å². The molecule has 0 N–H and O–H groups in total. The fourth-order valence-corrected chi connectivity index (χ4v) is 5.93. The summed E-state index contributed by atoms with van der Waals surface area (Å²) in [5, 5.41) is 0.533. The number of benzene rings is 1. The van der Waals surface area contributed by atoms with Gasteiger partial charge in [0.1, 0.15) is 18.0 Å². The molecule has 1 unspecified atom stereocenters. The van der Waals surface area contributed by atoms with Gasteiger partial charge in [-0.1, -0.05) is 6.07 Å². The van der Waals surface area contributed by atoms with Crippen LogP contribution >= 0.6 is 11.3 Å². The smallest absolute Gasteiger partial charge is 0.409 e. The monoisotopic (exact) mass is 471 g/mol. The van der Waals surface area contributed by atoms with Crippen LogP contribution in [0.2, 0.25) is 0 Å². The molecule has 1 aromatic carbocycles. The molecule has 2 aliphatic rings. The van der Waals surface area contributed by atoms with Gasteiger partial charge in [-0.2, -0.15) is 0 Å². The molecule has 33 heavy (non-hydrogen) atoms. The fourth-order valence-electron chi connectivity index (χ4n) is 4.74. The van der Waals surface area contributed by atoms with Crippen molar-refractivity contribution in [2.45, 2.75) is 19.8 Å². The number of hydrogen-bond acceptors (Lipinski definition) is 7. The molecule has 2 saturated heterocycles. The van der Waals surface area contributed by atoms with Crippen LogP contribution in [0.1, 0.15) is 19.8 Å². The second kappa shape index (κ2) is 9.09. The van der Waals surface area contributed by atoms with E-state index in [0.717, 1.165) is 34.6 Å². The second-order valence-corrected chi connectivity index (χ2v) is 9.44. The first kappa shape index (κ1) is 21.8. The Kier molecular flexibility index (Phi) is 6.01. The summed E-state index contributed by atoms with van der Waals surface area (Å²) in [6.07, 6.45) is 2.86. The highest BCUT2D eigenvalue weighted by Gasteiger charge is 2.33. The highest BCUT2D eigenvalue weighted by atomic mass is 32.1. The minimum absolute atomic E-state index is 0.121. The summed E-state index contributed by atoms with van der Waals surface area (Å²) in [5.74, 6) is 0.474. The van der Waals surface area contributed by atoms with Crippen molar-refractivity contribution in [1.82, 2.24) is 19.8 Å². The van der Waals surface area contributed by atoms with E-state index in [1.807, 2.05) is 11.0 Å². The Morgan fingerprint density at radius 3 is 2.73 bits per heavy atom. The predicted octanol–water partition coefficient (Wildman–Crippen LogP) is 3.50. The lowest BCUT2D eigenvalue weighted by molar-refractivity contribution is -0.137. The zero-order valence-electron chi connectivity index (χ0n) is 18.5. The number of carbonyl (C=O) groups is 2. The van der Waals surface area contributed by atoms with Crippen molar-refractivity contribution in [2.24, 2.45) is 5.92 Å². The molecule has 8 nitrogen and oxygen atoms in total. The third kappa shape index (κ3) is 4.07. The largest absolute Gasteiger partial charge is 0.450 e. The summed E-state index contributed by atoms with van der Waals surface area (Å²) in [6, 6.07) is 5.05. The van der Waals surface area contributed by atoms with Crippen LogP contribution < -0.4 is 4.90 Å². The zero-order valence-corrected chi connectivity index (χ0v) is 19.3. The Morgan fingerprint density at radius 2 is 1.94 bits per heavy atom. The third-order valence-electron chi connectivity index (χ3n) is 6.40. The molecule has 0 radical (unpaired) electrons. The number of anilines is 1. The minimum Gasteiger partial charge on any atom is -0.450 e. The number of rotatable bonds is 3. The van der Waals surface area contributed by atoms with Crippen molar-refractivity contribution in [3.63, 3.8) is 0 Å². The molecular formula is C23H26FN5O3S. The number of nitrogens with zero attached hydrogens (tertiary/aromatic N) is 5. The molecule has 0 bridgehead atoms. The minimum atomic E-state index is -0.319. The predicted molar refractivity (Wildman–Crippen MR) is 125 cm³/mol. The summed E-state index contributed by atoms with van der Waals surface area (Å²) in [7, 11) is 0. The van der Waals surface area contributed by atoms with Gasteiger partial charge in [-0.05, 0) is 31.9 Å². The number of carbonyl (C=O) groups excluding carboxylic acids is 2. The van der Waals surface area contributed by atoms with Crippen molar-refractivity contribution >= 4 is 49.5 Å². The molecule has 5 rings (SSSR count). The number of aromatic nitrogens is 2. The molecule has 3 aromatic rings. The highest BCUT2D eigenvalue weighted by Crippen LogP contribution is 2.39. The van der Waals surface area contributed by atoms with Gasteiger partial charge in [-0.25, -0.2) is 19.2 Å². The maximum atomic E-state index is 14.5. The molecule has 0 saturated carbocycles. The zero-order chi connectivity index (χ0) is 22.9. The third-order valence-corrected chi connectivity index (χ3v) is 7.54. The number of piperazine rings is 1. The lowest BCUT2D eigenvalue weighted by Crippen LogP contribution is -2.53. The van der Waals surface area contributed by atoms with Crippen molar-refractivity contribution in [3.8, 4) is 0 Å². The van der Waals surface area contributed by atoms with Gasteiger partial charge in [-0.3, -0.25) is 4.79 Å². The fraction of sp³-hybridized carbons (Fsp3) is 0.478. The maximum absolute atomic E-state index is 14.5. The van der Waals surface area contributed by atoms with E-state index in [4.69, 9.17) is 4.74 Å². The number of thiophene rings is 1. The highest BCUT2D eigenvalue weighted by molar-refractivity contribution is 7.26. The number of piperidine rings is 1. The Morgan fingerprint density at radius 1 is 1.15 bits per heavy atom. The number of ether oxygens (including phenoxy) is 1. The second-order valence-electron chi connectivity index (χ2n) is 8.39. The van der Waals surface area contributed by atoms with E-state index in [0.29, 0.717) is 50.2 Å². The van der Waals surface area contributed by atoms with Crippen LogP contribution in [0.4, 0.5) is 15.0 Å². The van der Waals surface area contributed by atoms with Gasteiger partial charge in [0.05, 0.1) is 28.1 Å². The number of amides is 2. The van der Waals surface area contributed by atoms with Gasteiger partial charge in [0.2, 0.25) is 5.91 Å². The van der Waals surface area contributed by atoms with E-state index in [1.54, 1.807) is 17.9 Å². The van der Waals surface area contributed by atoms with Crippen LogP contribution in [0.15, 0.2) is 24.5 Å². The Hall–Kier alpha value is -3.01. The van der Waals surface area contributed by atoms with Crippen LogP contribution in [-0.4, -0.2) is 77.6 Å². The topological polar surface area (TPSA) is 78.9 Å². The molecule has 10 heteroatoms. The lowest BCUT2D eigenvalue weighted by atomic mass is 9.96. The average Bonchev–Trinajstić information content (AvgIpc) is 3.24. The van der Waals surface area contributed by atoms with E-state index in [9.17, 15) is 14.0 Å². The van der Waals surface area contributed by atoms with E-state index < -0.39 is 0 Å². The molecule has 2 aliphatic heterocycles. The van der Waals surface area contributed by atoms with Gasteiger partial charge < -0.3 is 19.4 Å². The molecule has 174 valence electrons. The van der Waals surface area contributed by atoms with Gasteiger partial charge >= 0.3 is 6.09 Å². The summed E-state index contributed by atoms with van der Waals surface area (Å²) < 4.78 is 21.2. The number of fused-ring (bicyclic) bond motifs is 3. The molecule has 2 fully saturated rings. The molecular weight excluding hydrogens is 445 g/mol. The molecule has 4 heterocycles. The van der Waals surface area contributed by atoms with E-state index in [1.165, 1.54) is 23.7 Å². The van der Waals surface area contributed by atoms with E-state index in [-0.39, 0.29) is 23.7 Å². The van der Waals surface area contributed by atoms with Crippen molar-refractivity contribution < 1.29 is 18.7 Å². The first-order valence-electron chi connectivity index (χ1n) is 11.3. The molecule has 1 atom stereocenters. The first-order valence-corrected chi connectivity index (χ1v) is 12.2. The normalized spacial score (nSPS) is 19.3. The van der Waals surface area contributed by atoms with Gasteiger partial charge in [0.15, 0.2) is 0 Å². The van der Waals surface area contributed by atoms with E-state index >= 15 is 0 Å². The first-order chi connectivity index (χ1) is 16.1. The van der Waals surface area contributed by atoms with Gasteiger partial charge in [-0.15, -0.1) is 11.3 Å². The summed E-state index contributed by atoms with van der Waals surface area (Å²) in [5.41, 5.74) is 0.627. The lowest BCUT2D eigenvalue weighted by Gasteiger charge is -2.39. The Bertz CT molecular complexity index is 1190. The SMILES string of the molecule is CCOC(=O)N1CCN(C(=O)C2CCCN(c3ncnc4c3sc3cccc(F)c34)C2)CC1. The summed E-state index contributed by atoms with van der Waals surface area (Å²) >= 11 is 1.49. The Labute approximate surface area is 194 Å². The van der Waals surface area contributed by atoms with Gasteiger partial charge in [0, 0.05) is 44.0 Å². The van der Waals surface area contributed by atoms with Crippen LogP contribution in [0.25, 0.3) is 20.3 Å². The number of halogens is 1.